The van der Waals surface area contributed by atoms with Crippen LogP contribution in [-0.2, 0) is 6.42 Å². The highest BCUT2D eigenvalue weighted by atomic mass is 16.5. The van der Waals surface area contributed by atoms with Crippen LogP contribution >= 0.6 is 0 Å². The monoisotopic (exact) mass is 367 g/mol. The summed E-state index contributed by atoms with van der Waals surface area (Å²) in [6, 6.07) is 15.4. The maximum Gasteiger partial charge on any atom is 0.341 e. The van der Waals surface area contributed by atoms with Crippen molar-refractivity contribution in [3.63, 3.8) is 0 Å². The lowest BCUT2D eigenvalue weighted by Gasteiger charge is -2.16. The van der Waals surface area contributed by atoms with Gasteiger partial charge in [0, 0.05) is 18.2 Å². The highest BCUT2D eigenvalue weighted by Crippen LogP contribution is 2.21. The Labute approximate surface area is 159 Å². The Morgan fingerprint density at radius 1 is 1.04 bits per heavy atom. The summed E-state index contributed by atoms with van der Waals surface area (Å²) in [6.07, 6.45) is 2.91. The van der Waals surface area contributed by atoms with Crippen molar-refractivity contribution in [3.05, 3.63) is 59.7 Å². The minimum atomic E-state index is -0.523. The fourth-order valence-corrected chi connectivity index (χ4v) is 2.70. The maximum absolute atomic E-state index is 12.2. The van der Waals surface area contributed by atoms with Gasteiger partial charge in [0.05, 0.1) is 6.54 Å². The van der Waals surface area contributed by atoms with Crippen molar-refractivity contribution in [1.82, 2.24) is 15.7 Å². The van der Waals surface area contributed by atoms with E-state index >= 15 is 0 Å². The van der Waals surface area contributed by atoms with E-state index in [0.29, 0.717) is 10.6 Å². The Kier molecular flexibility index (Phi) is 6.08. The van der Waals surface area contributed by atoms with E-state index < -0.39 is 6.03 Å². The van der Waals surface area contributed by atoms with Gasteiger partial charge in [0.1, 0.15) is 0 Å². The molecular formula is C21H25N3O3. The zero-order valence-corrected chi connectivity index (χ0v) is 15.4. The number of carbonyl (C=O) groups is 2. The lowest BCUT2D eigenvalue weighted by atomic mass is 10.0. The summed E-state index contributed by atoms with van der Waals surface area (Å²) in [4.78, 5) is 23.8. The van der Waals surface area contributed by atoms with Crippen LogP contribution in [0, 0.1) is 0 Å². The topological polar surface area (TPSA) is 81.7 Å². The minimum Gasteiger partial charge on any atom is -0.350 e. The Morgan fingerprint density at radius 2 is 1.63 bits per heavy atom. The van der Waals surface area contributed by atoms with Crippen molar-refractivity contribution >= 4 is 11.9 Å². The third-order valence-electron chi connectivity index (χ3n) is 4.59. The molecule has 0 heterocycles. The molecule has 1 aliphatic carbocycles. The van der Waals surface area contributed by atoms with E-state index in [0.717, 1.165) is 30.4 Å². The average molecular weight is 367 g/mol. The van der Waals surface area contributed by atoms with Crippen molar-refractivity contribution < 1.29 is 14.8 Å². The van der Waals surface area contributed by atoms with Gasteiger partial charge in [-0.25, -0.2) is 9.86 Å². The quantitative estimate of drug-likeness (QED) is 0.519. The second kappa shape index (κ2) is 8.68. The number of nitrogens with zero attached hydrogens (tertiary/aromatic N) is 1. The standard InChI is InChI=1S/C21H25N3O3/c1-2-15-3-5-16(6-4-15)17-7-9-18(10-8-17)20(25)22-13-14-24(27)21(26)23-19-11-12-19/h3-10,19,27H,2,11-14H2,1H3,(H,22,25)(H,23,26). The van der Waals surface area contributed by atoms with Crippen molar-refractivity contribution in [3.8, 4) is 11.1 Å². The zero-order chi connectivity index (χ0) is 19.2. The zero-order valence-electron chi connectivity index (χ0n) is 15.4. The van der Waals surface area contributed by atoms with Crippen molar-refractivity contribution in [2.24, 2.45) is 0 Å². The van der Waals surface area contributed by atoms with Crippen LogP contribution in [0.3, 0.4) is 0 Å². The second-order valence-electron chi connectivity index (χ2n) is 6.73. The Morgan fingerprint density at radius 3 is 2.19 bits per heavy atom. The van der Waals surface area contributed by atoms with Crippen molar-refractivity contribution in [2.45, 2.75) is 32.2 Å². The first-order chi connectivity index (χ1) is 13.1. The third-order valence-corrected chi connectivity index (χ3v) is 4.59. The molecule has 3 rings (SSSR count). The molecule has 0 aromatic heterocycles. The van der Waals surface area contributed by atoms with Crippen LogP contribution in [0.25, 0.3) is 11.1 Å². The van der Waals surface area contributed by atoms with E-state index in [-0.39, 0.29) is 25.0 Å². The van der Waals surface area contributed by atoms with E-state index in [1.807, 2.05) is 12.1 Å². The maximum atomic E-state index is 12.2. The molecule has 1 saturated carbocycles. The number of nitrogens with one attached hydrogen (secondary N) is 2. The van der Waals surface area contributed by atoms with Gasteiger partial charge in [0.25, 0.3) is 5.91 Å². The molecular weight excluding hydrogens is 342 g/mol. The molecule has 142 valence electrons. The summed E-state index contributed by atoms with van der Waals surface area (Å²) in [5.41, 5.74) is 3.98. The number of hydrogen-bond donors (Lipinski definition) is 3. The van der Waals surface area contributed by atoms with Gasteiger partial charge in [-0.05, 0) is 48.1 Å². The molecule has 6 heteroatoms. The van der Waals surface area contributed by atoms with E-state index in [1.54, 1.807) is 12.1 Å². The molecule has 0 aliphatic heterocycles. The number of rotatable bonds is 7. The fraction of sp³-hybridized carbons (Fsp3) is 0.333. The average Bonchev–Trinajstić information content (AvgIpc) is 3.52. The Hall–Kier alpha value is -2.86. The van der Waals surface area contributed by atoms with Gasteiger partial charge in [-0.1, -0.05) is 43.3 Å². The first-order valence-corrected chi connectivity index (χ1v) is 9.31. The lowest BCUT2D eigenvalue weighted by molar-refractivity contribution is -0.0416. The van der Waals surface area contributed by atoms with Crippen LogP contribution in [-0.4, -0.2) is 41.3 Å². The molecule has 1 aliphatic rings. The first-order valence-electron chi connectivity index (χ1n) is 9.31. The fourth-order valence-electron chi connectivity index (χ4n) is 2.70. The van der Waals surface area contributed by atoms with Crippen LogP contribution in [0.2, 0.25) is 0 Å². The summed E-state index contributed by atoms with van der Waals surface area (Å²) in [5, 5.41) is 15.6. The number of carbonyl (C=O) groups excluding carboxylic acids is 2. The predicted molar refractivity (Wildman–Crippen MR) is 104 cm³/mol. The molecule has 0 unspecified atom stereocenters. The molecule has 3 amide bonds. The summed E-state index contributed by atoms with van der Waals surface area (Å²) >= 11 is 0. The molecule has 0 atom stereocenters. The molecule has 2 aromatic carbocycles. The summed E-state index contributed by atoms with van der Waals surface area (Å²) < 4.78 is 0. The van der Waals surface area contributed by atoms with Gasteiger partial charge in [-0.15, -0.1) is 0 Å². The second-order valence-corrected chi connectivity index (χ2v) is 6.73. The molecule has 27 heavy (non-hydrogen) atoms. The Balaban J connectivity index is 1.48. The van der Waals surface area contributed by atoms with Gasteiger partial charge >= 0.3 is 6.03 Å². The summed E-state index contributed by atoms with van der Waals surface area (Å²) in [7, 11) is 0. The summed E-state index contributed by atoms with van der Waals surface area (Å²) in [5.74, 6) is -0.237. The molecule has 6 nitrogen and oxygen atoms in total. The first kappa shape index (κ1) is 18.9. The molecule has 0 saturated heterocycles. The van der Waals surface area contributed by atoms with E-state index in [1.165, 1.54) is 5.56 Å². The number of hydrogen-bond acceptors (Lipinski definition) is 3. The van der Waals surface area contributed by atoms with E-state index in [9.17, 15) is 14.8 Å². The van der Waals surface area contributed by atoms with Gasteiger partial charge < -0.3 is 10.6 Å². The minimum absolute atomic E-state index is 0.0339. The molecule has 0 spiro atoms. The number of benzene rings is 2. The van der Waals surface area contributed by atoms with Crippen LogP contribution < -0.4 is 10.6 Å². The summed E-state index contributed by atoms with van der Waals surface area (Å²) in [6.45, 7) is 2.33. The molecule has 3 N–H and O–H groups in total. The Bertz CT molecular complexity index is 783. The third kappa shape index (κ3) is 5.31. The van der Waals surface area contributed by atoms with Crippen LogP contribution in [0.15, 0.2) is 48.5 Å². The molecule has 0 bridgehead atoms. The lowest BCUT2D eigenvalue weighted by Crippen LogP contribution is -2.42. The van der Waals surface area contributed by atoms with Crippen LogP contribution in [0.5, 0.6) is 0 Å². The van der Waals surface area contributed by atoms with Gasteiger partial charge in [0.2, 0.25) is 0 Å². The highest BCUT2D eigenvalue weighted by molar-refractivity contribution is 5.94. The van der Waals surface area contributed by atoms with Gasteiger partial charge in [0.15, 0.2) is 0 Å². The van der Waals surface area contributed by atoms with Crippen molar-refractivity contribution in [1.29, 1.82) is 0 Å². The number of aryl methyl sites for hydroxylation is 1. The SMILES string of the molecule is CCc1ccc(-c2ccc(C(=O)NCCN(O)C(=O)NC3CC3)cc2)cc1. The largest absolute Gasteiger partial charge is 0.350 e. The van der Waals surface area contributed by atoms with Gasteiger partial charge in [-0.3, -0.25) is 10.0 Å². The van der Waals surface area contributed by atoms with Gasteiger partial charge in [-0.2, -0.15) is 0 Å². The normalized spacial score (nSPS) is 13.1. The molecule has 0 radical (unpaired) electrons. The molecule has 1 fully saturated rings. The van der Waals surface area contributed by atoms with E-state index in [4.69, 9.17) is 0 Å². The van der Waals surface area contributed by atoms with Crippen LogP contribution in [0.1, 0.15) is 35.7 Å². The number of hydroxylamine groups is 2. The van der Waals surface area contributed by atoms with Crippen LogP contribution in [0.4, 0.5) is 4.79 Å². The molecule has 2 aromatic rings. The van der Waals surface area contributed by atoms with E-state index in [2.05, 4.69) is 41.8 Å². The number of urea groups is 1. The highest BCUT2D eigenvalue weighted by Gasteiger charge is 2.25. The smallest absolute Gasteiger partial charge is 0.341 e. The predicted octanol–water partition coefficient (Wildman–Crippen LogP) is 3.21. The van der Waals surface area contributed by atoms with Crippen molar-refractivity contribution in [2.75, 3.05) is 13.1 Å². The number of amides is 3.